The van der Waals surface area contributed by atoms with Crippen LogP contribution in [-0.4, -0.2) is 65.1 Å². The third-order valence-electron chi connectivity index (χ3n) is 5.60. The number of ether oxygens (including phenoxy) is 2. The molecule has 1 saturated heterocycles. The number of hydrogen-bond acceptors (Lipinski definition) is 6. The molecule has 0 radical (unpaired) electrons. The second-order valence-electron chi connectivity index (χ2n) is 7.49. The van der Waals surface area contributed by atoms with E-state index < -0.39 is 11.9 Å². The van der Waals surface area contributed by atoms with Gasteiger partial charge in [-0.25, -0.2) is 4.79 Å². The van der Waals surface area contributed by atoms with Crippen LogP contribution >= 0.6 is 0 Å². The van der Waals surface area contributed by atoms with Gasteiger partial charge in [-0.05, 0) is 24.3 Å². The van der Waals surface area contributed by atoms with Gasteiger partial charge < -0.3 is 23.7 Å². The highest BCUT2D eigenvalue weighted by molar-refractivity contribution is 5.83. The van der Waals surface area contributed by atoms with Crippen molar-refractivity contribution in [2.75, 3.05) is 32.8 Å². The molecule has 9 nitrogen and oxygen atoms in total. The average molecular weight is 423 g/mol. The van der Waals surface area contributed by atoms with Crippen LogP contribution < -0.4 is 15.2 Å². The molecule has 0 aliphatic carbocycles. The Bertz CT molecular complexity index is 1190. The number of carbonyl (C=O) groups is 2. The largest absolute Gasteiger partial charge is 0.485 e. The van der Waals surface area contributed by atoms with Crippen molar-refractivity contribution >= 4 is 22.9 Å². The minimum Gasteiger partial charge on any atom is -0.485 e. The molecule has 31 heavy (non-hydrogen) atoms. The van der Waals surface area contributed by atoms with Gasteiger partial charge in [0.1, 0.15) is 13.2 Å². The van der Waals surface area contributed by atoms with Crippen molar-refractivity contribution < 1.29 is 23.5 Å². The van der Waals surface area contributed by atoms with Crippen LogP contribution in [0.2, 0.25) is 0 Å². The molecule has 0 unspecified atom stereocenters. The molecule has 1 fully saturated rings. The number of nitrogens with zero attached hydrogens (tertiary/aromatic N) is 3. The lowest BCUT2D eigenvalue weighted by Crippen LogP contribution is -2.55. The Morgan fingerprint density at radius 3 is 2.39 bits per heavy atom. The lowest BCUT2D eigenvalue weighted by molar-refractivity contribution is -0.146. The summed E-state index contributed by atoms with van der Waals surface area (Å²) in [5.41, 5.74) is 1.04. The van der Waals surface area contributed by atoms with Crippen molar-refractivity contribution in [3.63, 3.8) is 0 Å². The Balaban J connectivity index is 1.19. The number of para-hydroxylation sites is 4. The second kappa shape index (κ2) is 7.82. The fourth-order valence-electron chi connectivity index (χ4n) is 3.92. The van der Waals surface area contributed by atoms with Gasteiger partial charge in [-0.2, -0.15) is 0 Å². The van der Waals surface area contributed by atoms with Crippen molar-refractivity contribution in [1.82, 2.24) is 14.4 Å². The number of oxazole rings is 1. The topological polar surface area (TPSA) is 94.2 Å². The summed E-state index contributed by atoms with van der Waals surface area (Å²) in [5, 5.41) is 0. The summed E-state index contributed by atoms with van der Waals surface area (Å²) in [6.07, 6.45) is -0.701. The van der Waals surface area contributed by atoms with Crippen LogP contribution in [0.15, 0.2) is 57.7 Å². The van der Waals surface area contributed by atoms with Crippen LogP contribution in [0.5, 0.6) is 11.5 Å². The van der Waals surface area contributed by atoms with Gasteiger partial charge in [0, 0.05) is 26.2 Å². The molecule has 1 atom stereocenters. The van der Waals surface area contributed by atoms with Crippen LogP contribution in [0.25, 0.3) is 11.1 Å². The summed E-state index contributed by atoms with van der Waals surface area (Å²) in [6.45, 7) is 1.63. The summed E-state index contributed by atoms with van der Waals surface area (Å²) in [6, 6.07) is 14.2. The third kappa shape index (κ3) is 3.63. The van der Waals surface area contributed by atoms with E-state index in [9.17, 15) is 14.4 Å². The number of rotatable bonds is 3. The van der Waals surface area contributed by atoms with Gasteiger partial charge in [-0.1, -0.05) is 24.3 Å². The first-order chi connectivity index (χ1) is 15.1. The summed E-state index contributed by atoms with van der Waals surface area (Å²) >= 11 is 0. The predicted molar refractivity (Wildman–Crippen MR) is 110 cm³/mol. The van der Waals surface area contributed by atoms with E-state index >= 15 is 0 Å². The maximum atomic E-state index is 12.8. The van der Waals surface area contributed by atoms with Crippen molar-refractivity contribution in [2.24, 2.45) is 0 Å². The maximum Gasteiger partial charge on any atom is 0.420 e. The lowest BCUT2D eigenvalue weighted by Gasteiger charge is -2.37. The summed E-state index contributed by atoms with van der Waals surface area (Å²) < 4.78 is 18.0. The zero-order chi connectivity index (χ0) is 21.4. The predicted octanol–water partition coefficient (Wildman–Crippen LogP) is 1.11. The van der Waals surface area contributed by atoms with Crippen molar-refractivity contribution in [3.8, 4) is 11.5 Å². The van der Waals surface area contributed by atoms with E-state index in [0.29, 0.717) is 48.8 Å². The molecule has 3 heterocycles. The first-order valence-electron chi connectivity index (χ1n) is 10.1. The Labute approximate surface area is 177 Å². The quantitative estimate of drug-likeness (QED) is 0.626. The molecule has 9 heteroatoms. The molecule has 160 valence electrons. The number of hydrogen-bond donors (Lipinski definition) is 0. The van der Waals surface area contributed by atoms with E-state index in [0.717, 1.165) is 0 Å². The Kier molecular flexibility index (Phi) is 4.85. The van der Waals surface area contributed by atoms with E-state index in [2.05, 4.69) is 0 Å². The smallest absolute Gasteiger partial charge is 0.420 e. The molecule has 1 aromatic heterocycles. The van der Waals surface area contributed by atoms with E-state index in [-0.39, 0.29) is 25.0 Å². The van der Waals surface area contributed by atoms with Gasteiger partial charge in [0.15, 0.2) is 17.1 Å². The highest BCUT2D eigenvalue weighted by Crippen LogP contribution is 2.31. The number of carbonyl (C=O) groups excluding carboxylic acids is 2. The zero-order valence-electron chi connectivity index (χ0n) is 16.7. The lowest BCUT2D eigenvalue weighted by atomic mass is 10.2. The van der Waals surface area contributed by atoms with Crippen molar-refractivity contribution in [1.29, 1.82) is 0 Å². The van der Waals surface area contributed by atoms with Crippen LogP contribution in [0.4, 0.5) is 0 Å². The fraction of sp³-hybridized carbons (Fsp3) is 0.318. The molecule has 5 rings (SSSR count). The van der Waals surface area contributed by atoms with Gasteiger partial charge in [0.05, 0.1) is 5.52 Å². The number of benzene rings is 2. The van der Waals surface area contributed by atoms with Gasteiger partial charge in [-0.15, -0.1) is 0 Å². The normalized spacial score (nSPS) is 18.3. The maximum absolute atomic E-state index is 12.8. The fourth-order valence-corrected chi connectivity index (χ4v) is 3.92. The molecule has 2 aromatic carbocycles. The Morgan fingerprint density at radius 2 is 1.58 bits per heavy atom. The van der Waals surface area contributed by atoms with Crippen molar-refractivity contribution in [2.45, 2.75) is 12.6 Å². The molecule has 0 saturated carbocycles. The number of aromatic nitrogens is 1. The highest BCUT2D eigenvalue weighted by Gasteiger charge is 2.33. The summed E-state index contributed by atoms with van der Waals surface area (Å²) in [7, 11) is 0. The van der Waals surface area contributed by atoms with E-state index in [1.165, 1.54) is 4.57 Å². The number of amides is 2. The number of piperazine rings is 1. The summed E-state index contributed by atoms with van der Waals surface area (Å²) in [5.74, 6) is 0.284. The van der Waals surface area contributed by atoms with E-state index in [1.54, 1.807) is 46.2 Å². The van der Waals surface area contributed by atoms with Crippen LogP contribution in [0.1, 0.15) is 0 Å². The molecule has 0 N–H and O–H groups in total. The van der Waals surface area contributed by atoms with Crippen LogP contribution in [0, 0.1) is 0 Å². The van der Waals surface area contributed by atoms with Gasteiger partial charge >= 0.3 is 5.76 Å². The molecule has 3 aromatic rings. The Hall–Kier alpha value is -3.75. The van der Waals surface area contributed by atoms with Crippen molar-refractivity contribution in [3.05, 3.63) is 59.1 Å². The molecular weight excluding hydrogens is 402 g/mol. The molecule has 0 spiro atoms. The summed E-state index contributed by atoms with van der Waals surface area (Å²) in [4.78, 5) is 41.1. The molecule has 2 amide bonds. The standard InChI is InChI=1S/C22H21N3O6/c26-20(13-25-15-5-1-2-6-16(15)31-22(25)28)23-9-11-24(12-10-23)21(27)19-14-29-17-7-3-4-8-18(17)30-19/h1-8,19H,9-14H2/t19-/m0/s1. The second-order valence-corrected chi connectivity index (χ2v) is 7.49. The molecular formula is C22H21N3O6. The Morgan fingerprint density at radius 1 is 0.903 bits per heavy atom. The minimum atomic E-state index is -0.701. The van der Waals surface area contributed by atoms with Crippen LogP contribution in [-0.2, 0) is 16.1 Å². The molecule has 2 aliphatic heterocycles. The van der Waals surface area contributed by atoms with Gasteiger partial charge in [0.25, 0.3) is 5.91 Å². The third-order valence-corrected chi connectivity index (χ3v) is 5.60. The van der Waals surface area contributed by atoms with Gasteiger partial charge in [-0.3, -0.25) is 14.2 Å². The highest BCUT2D eigenvalue weighted by atomic mass is 16.6. The average Bonchev–Trinajstić information content (AvgIpc) is 3.13. The first kappa shape index (κ1) is 19.2. The van der Waals surface area contributed by atoms with Gasteiger partial charge in [0.2, 0.25) is 12.0 Å². The van der Waals surface area contributed by atoms with E-state index in [4.69, 9.17) is 13.9 Å². The zero-order valence-corrected chi connectivity index (χ0v) is 16.7. The molecule has 0 bridgehead atoms. The van der Waals surface area contributed by atoms with E-state index in [1.807, 2.05) is 12.1 Å². The monoisotopic (exact) mass is 423 g/mol. The SMILES string of the molecule is O=C(Cn1c(=O)oc2ccccc21)N1CCN(C(=O)[C@@H]2COc3ccccc3O2)CC1. The first-order valence-corrected chi connectivity index (χ1v) is 10.1. The molecule has 2 aliphatic rings. The minimum absolute atomic E-state index is 0.0971. The number of fused-ring (bicyclic) bond motifs is 2. The van der Waals surface area contributed by atoms with Crippen LogP contribution in [0.3, 0.4) is 0 Å².